The summed E-state index contributed by atoms with van der Waals surface area (Å²) in [4.78, 5) is 13.7. The SMILES string of the molecule is C[C@@H](c1ccccc1)n1cc(C(=O)NCC[NH+]2CCOCC2)nn1. The number of morpholine rings is 1. The van der Waals surface area contributed by atoms with Crippen LogP contribution in [0.5, 0.6) is 0 Å². The summed E-state index contributed by atoms with van der Waals surface area (Å²) >= 11 is 0. The molecule has 1 saturated heterocycles. The van der Waals surface area contributed by atoms with Gasteiger partial charge in [0.1, 0.15) is 13.1 Å². The Balaban J connectivity index is 1.52. The van der Waals surface area contributed by atoms with Crippen LogP contribution >= 0.6 is 0 Å². The molecule has 128 valence electrons. The largest absolute Gasteiger partial charge is 0.370 e. The minimum Gasteiger partial charge on any atom is -0.370 e. The third-order valence-electron chi connectivity index (χ3n) is 4.39. The fourth-order valence-electron chi connectivity index (χ4n) is 2.81. The second kappa shape index (κ2) is 8.03. The summed E-state index contributed by atoms with van der Waals surface area (Å²) in [6.45, 7) is 7.18. The second-order valence-electron chi connectivity index (χ2n) is 6.04. The van der Waals surface area contributed by atoms with Crippen molar-refractivity contribution >= 4 is 5.91 Å². The molecule has 24 heavy (non-hydrogen) atoms. The van der Waals surface area contributed by atoms with E-state index < -0.39 is 0 Å². The zero-order chi connectivity index (χ0) is 16.8. The van der Waals surface area contributed by atoms with Crippen LogP contribution in [-0.2, 0) is 4.74 Å². The van der Waals surface area contributed by atoms with E-state index in [-0.39, 0.29) is 11.9 Å². The number of amides is 1. The molecule has 1 aliphatic rings. The van der Waals surface area contributed by atoms with E-state index in [4.69, 9.17) is 4.74 Å². The van der Waals surface area contributed by atoms with E-state index in [0.29, 0.717) is 12.2 Å². The first-order valence-electron chi connectivity index (χ1n) is 8.40. The predicted molar refractivity (Wildman–Crippen MR) is 89.0 cm³/mol. The molecule has 7 heteroatoms. The van der Waals surface area contributed by atoms with Crippen molar-refractivity contribution in [1.29, 1.82) is 0 Å². The minimum absolute atomic E-state index is 0.0399. The van der Waals surface area contributed by atoms with E-state index in [1.165, 1.54) is 4.90 Å². The maximum absolute atomic E-state index is 12.2. The van der Waals surface area contributed by atoms with Gasteiger partial charge in [0.2, 0.25) is 0 Å². The molecule has 0 radical (unpaired) electrons. The van der Waals surface area contributed by atoms with Crippen molar-refractivity contribution in [2.75, 3.05) is 39.4 Å². The van der Waals surface area contributed by atoms with Gasteiger partial charge in [0.05, 0.1) is 38.5 Å². The van der Waals surface area contributed by atoms with Crippen LogP contribution in [0.25, 0.3) is 0 Å². The van der Waals surface area contributed by atoms with E-state index in [1.54, 1.807) is 10.9 Å². The zero-order valence-corrected chi connectivity index (χ0v) is 13.9. The minimum atomic E-state index is -0.172. The van der Waals surface area contributed by atoms with Gasteiger partial charge in [0, 0.05) is 0 Å². The Morgan fingerprint density at radius 3 is 2.83 bits per heavy atom. The number of hydrogen-bond acceptors (Lipinski definition) is 4. The highest BCUT2D eigenvalue weighted by atomic mass is 16.5. The number of quaternary nitrogens is 1. The molecule has 1 atom stereocenters. The van der Waals surface area contributed by atoms with Crippen LogP contribution in [0.15, 0.2) is 36.5 Å². The van der Waals surface area contributed by atoms with Crippen molar-refractivity contribution in [3.8, 4) is 0 Å². The van der Waals surface area contributed by atoms with Gasteiger partial charge in [-0.05, 0) is 12.5 Å². The van der Waals surface area contributed by atoms with Gasteiger partial charge in [-0.15, -0.1) is 5.10 Å². The van der Waals surface area contributed by atoms with Gasteiger partial charge < -0.3 is 15.0 Å². The molecule has 0 unspecified atom stereocenters. The van der Waals surface area contributed by atoms with Crippen LogP contribution in [-0.4, -0.2) is 60.3 Å². The van der Waals surface area contributed by atoms with Crippen molar-refractivity contribution < 1.29 is 14.4 Å². The van der Waals surface area contributed by atoms with Crippen LogP contribution in [0.1, 0.15) is 29.0 Å². The van der Waals surface area contributed by atoms with Gasteiger partial charge in [-0.25, -0.2) is 4.68 Å². The first kappa shape index (κ1) is 16.6. The summed E-state index contributed by atoms with van der Waals surface area (Å²) in [5, 5.41) is 11.0. The first-order chi connectivity index (χ1) is 11.7. The molecule has 3 rings (SSSR count). The average Bonchev–Trinajstić information content (AvgIpc) is 3.13. The van der Waals surface area contributed by atoms with Crippen molar-refractivity contribution in [1.82, 2.24) is 20.3 Å². The third kappa shape index (κ3) is 4.18. The Morgan fingerprint density at radius 1 is 1.33 bits per heavy atom. The predicted octanol–water partition coefficient (Wildman–Crippen LogP) is -0.468. The number of benzene rings is 1. The molecule has 0 saturated carbocycles. The van der Waals surface area contributed by atoms with Gasteiger partial charge >= 0.3 is 0 Å². The molecule has 0 aliphatic carbocycles. The fraction of sp³-hybridized carbons (Fsp3) is 0.471. The normalized spacial score (nSPS) is 16.7. The summed E-state index contributed by atoms with van der Waals surface area (Å²) in [6.07, 6.45) is 1.70. The van der Waals surface area contributed by atoms with E-state index in [2.05, 4.69) is 15.6 Å². The van der Waals surface area contributed by atoms with Crippen LogP contribution in [0.2, 0.25) is 0 Å². The van der Waals surface area contributed by atoms with Gasteiger partial charge in [0.25, 0.3) is 5.91 Å². The Hall–Kier alpha value is -2.25. The molecule has 1 aromatic carbocycles. The number of carbonyl (C=O) groups is 1. The molecule has 2 N–H and O–H groups in total. The van der Waals surface area contributed by atoms with Gasteiger partial charge in [-0.2, -0.15) is 0 Å². The number of rotatable bonds is 6. The molecular formula is C17H24N5O2+. The van der Waals surface area contributed by atoms with Crippen molar-refractivity contribution in [2.24, 2.45) is 0 Å². The molecule has 1 aromatic heterocycles. The summed E-state index contributed by atoms with van der Waals surface area (Å²) in [5.74, 6) is -0.172. The Morgan fingerprint density at radius 2 is 2.08 bits per heavy atom. The average molecular weight is 330 g/mol. The molecule has 1 aliphatic heterocycles. The standard InChI is InChI=1S/C17H23N5O2/c1-14(15-5-3-2-4-6-15)22-13-16(19-20-22)17(23)18-7-8-21-9-11-24-12-10-21/h2-6,13-14H,7-12H2,1H3,(H,18,23)/p+1/t14-/m0/s1. The number of hydrogen-bond donors (Lipinski definition) is 2. The third-order valence-corrected chi connectivity index (χ3v) is 4.39. The van der Waals surface area contributed by atoms with Crippen LogP contribution in [0.3, 0.4) is 0 Å². The smallest absolute Gasteiger partial charge is 0.273 e. The number of nitrogens with zero attached hydrogens (tertiary/aromatic N) is 3. The van der Waals surface area contributed by atoms with E-state index in [1.807, 2.05) is 37.3 Å². The first-order valence-corrected chi connectivity index (χ1v) is 8.40. The van der Waals surface area contributed by atoms with E-state index >= 15 is 0 Å². The summed E-state index contributed by atoms with van der Waals surface area (Å²) < 4.78 is 7.05. The molecule has 2 heterocycles. The molecule has 0 spiro atoms. The number of ether oxygens (including phenoxy) is 1. The Bertz CT molecular complexity index is 652. The fourth-order valence-corrected chi connectivity index (χ4v) is 2.81. The molecule has 1 fully saturated rings. The van der Waals surface area contributed by atoms with Crippen LogP contribution < -0.4 is 10.2 Å². The van der Waals surface area contributed by atoms with Gasteiger partial charge in [-0.3, -0.25) is 4.79 Å². The maximum Gasteiger partial charge on any atom is 0.273 e. The second-order valence-corrected chi connectivity index (χ2v) is 6.04. The van der Waals surface area contributed by atoms with Crippen molar-refractivity contribution in [3.05, 3.63) is 47.8 Å². The highest BCUT2D eigenvalue weighted by Crippen LogP contribution is 2.16. The number of aromatic nitrogens is 3. The topological polar surface area (TPSA) is 73.5 Å². The molecule has 1 amide bonds. The van der Waals surface area contributed by atoms with E-state index in [9.17, 15) is 4.79 Å². The lowest BCUT2D eigenvalue weighted by molar-refractivity contribution is -0.906. The summed E-state index contributed by atoms with van der Waals surface area (Å²) in [5.41, 5.74) is 1.49. The lowest BCUT2D eigenvalue weighted by Gasteiger charge is -2.23. The quantitative estimate of drug-likeness (QED) is 0.751. The van der Waals surface area contributed by atoms with Crippen molar-refractivity contribution in [3.63, 3.8) is 0 Å². The van der Waals surface area contributed by atoms with Gasteiger partial charge in [0.15, 0.2) is 5.69 Å². The summed E-state index contributed by atoms with van der Waals surface area (Å²) in [6, 6.07) is 10.1. The lowest BCUT2D eigenvalue weighted by atomic mass is 10.1. The molecular weight excluding hydrogens is 306 g/mol. The number of nitrogens with one attached hydrogen (secondary N) is 2. The maximum atomic E-state index is 12.2. The number of carbonyl (C=O) groups excluding carboxylic acids is 1. The summed E-state index contributed by atoms with van der Waals surface area (Å²) in [7, 11) is 0. The molecule has 0 bridgehead atoms. The zero-order valence-electron chi connectivity index (χ0n) is 13.9. The monoisotopic (exact) mass is 330 g/mol. The Kier molecular flexibility index (Phi) is 5.55. The molecule has 7 nitrogen and oxygen atoms in total. The van der Waals surface area contributed by atoms with E-state index in [0.717, 1.165) is 38.4 Å². The highest BCUT2D eigenvalue weighted by Gasteiger charge is 2.16. The Labute approximate surface area is 141 Å². The van der Waals surface area contributed by atoms with Gasteiger partial charge in [-0.1, -0.05) is 35.5 Å². The highest BCUT2D eigenvalue weighted by molar-refractivity contribution is 5.91. The van der Waals surface area contributed by atoms with Crippen LogP contribution in [0, 0.1) is 0 Å². The van der Waals surface area contributed by atoms with Crippen LogP contribution in [0.4, 0.5) is 0 Å². The van der Waals surface area contributed by atoms with Crippen molar-refractivity contribution in [2.45, 2.75) is 13.0 Å². The molecule has 2 aromatic rings. The lowest BCUT2D eigenvalue weighted by Crippen LogP contribution is -3.14.